The van der Waals surface area contributed by atoms with Crippen molar-refractivity contribution in [3.63, 3.8) is 0 Å². The molecule has 11 aromatic rings. The van der Waals surface area contributed by atoms with E-state index in [1.54, 1.807) is 0 Å². The number of hydrogen-bond acceptors (Lipinski definition) is 3. The van der Waals surface area contributed by atoms with E-state index in [-0.39, 0.29) is 0 Å². The molecule has 0 aliphatic carbocycles. The van der Waals surface area contributed by atoms with Crippen LogP contribution < -0.4 is 4.90 Å². The number of hydrogen-bond donors (Lipinski definition) is 0. The second kappa shape index (κ2) is 13.1. The summed E-state index contributed by atoms with van der Waals surface area (Å²) in [7, 11) is 0. The van der Waals surface area contributed by atoms with Crippen LogP contribution in [0.15, 0.2) is 200 Å². The molecule has 11 rings (SSSR count). The summed E-state index contributed by atoms with van der Waals surface area (Å²) >= 11 is 3.72. The van der Waals surface area contributed by atoms with Crippen LogP contribution in [0, 0.1) is 0 Å². The van der Waals surface area contributed by atoms with E-state index in [4.69, 9.17) is 0 Å². The minimum absolute atomic E-state index is 1.11. The smallest absolute Gasteiger partial charge is 0.0546 e. The largest absolute Gasteiger partial charge is 0.310 e. The molecule has 0 aliphatic heterocycles. The SMILES string of the molecule is c1ccc(-c2ccc(-c3cccc4ccccc34)cc2N(c2ccc(-c3ccc4sc5ccccc5c4c3)cc2)c2ccc3c(c2)sc2ccccc23)cc1. The van der Waals surface area contributed by atoms with Crippen molar-refractivity contribution in [2.24, 2.45) is 0 Å². The van der Waals surface area contributed by atoms with Crippen LogP contribution >= 0.6 is 22.7 Å². The summed E-state index contributed by atoms with van der Waals surface area (Å²) in [6, 6.07) is 73.6. The van der Waals surface area contributed by atoms with Crippen molar-refractivity contribution in [2.45, 2.75) is 0 Å². The standard InChI is InChI=1S/C52H33NS2/c1-2-11-36(12-3-1)43-28-23-38(42-18-10-14-35-13-4-5-15-41(35)42)32-48(43)53(40-27-29-46-44-16-6-8-19-49(44)55-52(46)33-40)39-25-21-34(22-26-39)37-24-30-51-47(31-37)45-17-7-9-20-50(45)54-51/h1-33H. The molecule has 0 bridgehead atoms. The maximum atomic E-state index is 2.46. The molecule has 1 nitrogen and oxygen atoms in total. The average Bonchev–Trinajstić information content (AvgIpc) is 3.82. The molecule has 55 heavy (non-hydrogen) atoms. The summed E-state index contributed by atoms with van der Waals surface area (Å²) in [6.07, 6.45) is 0. The molecule has 0 amide bonds. The first-order chi connectivity index (χ1) is 27.2. The monoisotopic (exact) mass is 735 g/mol. The summed E-state index contributed by atoms with van der Waals surface area (Å²) < 4.78 is 5.24. The second-order valence-electron chi connectivity index (χ2n) is 14.1. The number of benzene rings is 9. The third-order valence-corrected chi connectivity index (χ3v) is 13.2. The van der Waals surface area contributed by atoms with E-state index < -0.39 is 0 Å². The normalized spacial score (nSPS) is 11.6. The summed E-state index contributed by atoms with van der Waals surface area (Å²) in [4.78, 5) is 2.46. The Hall–Kier alpha value is -6.52. The van der Waals surface area contributed by atoms with Gasteiger partial charge in [0.1, 0.15) is 0 Å². The van der Waals surface area contributed by atoms with E-state index in [1.807, 2.05) is 22.7 Å². The topological polar surface area (TPSA) is 3.24 Å². The van der Waals surface area contributed by atoms with E-state index in [1.165, 1.54) is 84.5 Å². The van der Waals surface area contributed by atoms with E-state index in [0.717, 1.165) is 17.1 Å². The van der Waals surface area contributed by atoms with Gasteiger partial charge in [-0.05, 0) is 93.2 Å². The van der Waals surface area contributed by atoms with Gasteiger partial charge in [-0.2, -0.15) is 0 Å². The number of nitrogens with zero attached hydrogens (tertiary/aromatic N) is 1. The molecule has 3 heteroatoms. The Morgan fingerprint density at radius 1 is 0.291 bits per heavy atom. The van der Waals surface area contributed by atoms with E-state index >= 15 is 0 Å². The first kappa shape index (κ1) is 32.0. The van der Waals surface area contributed by atoms with Gasteiger partial charge in [0.25, 0.3) is 0 Å². The highest BCUT2D eigenvalue weighted by Gasteiger charge is 2.20. The molecule has 0 N–H and O–H groups in total. The molecule has 0 atom stereocenters. The molecule has 0 saturated heterocycles. The van der Waals surface area contributed by atoms with Gasteiger partial charge in [-0.25, -0.2) is 0 Å². The number of fused-ring (bicyclic) bond motifs is 7. The van der Waals surface area contributed by atoms with Gasteiger partial charge in [-0.3, -0.25) is 0 Å². The molecule has 0 fully saturated rings. The highest BCUT2D eigenvalue weighted by Crippen LogP contribution is 2.46. The van der Waals surface area contributed by atoms with Gasteiger partial charge < -0.3 is 4.90 Å². The van der Waals surface area contributed by atoms with Crippen LogP contribution in [0.4, 0.5) is 17.1 Å². The maximum Gasteiger partial charge on any atom is 0.0546 e. The lowest BCUT2D eigenvalue weighted by Crippen LogP contribution is -2.11. The first-order valence-electron chi connectivity index (χ1n) is 18.7. The predicted molar refractivity (Wildman–Crippen MR) is 241 cm³/mol. The Bertz CT molecular complexity index is 3200. The van der Waals surface area contributed by atoms with Crippen molar-refractivity contribution in [1.82, 2.24) is 0 Å². The average molecular weight is 736 g/mol. The van der Waals surface area contributed by atoms with Crippen LogP contribution in [0.1, 0.15) is 0 Å². The summed E-state index contributed by atoms with van der Waals surface area (Å²) in [5.74, 6) is 0. The van der Waals surface area contributed by atoms with Gasteiger partial charge >= 0.3 is 0 Å². The lowest BCUT2D eigenvalue weighted by Gasteiger charge is -2.29. The second-order valence-corrected chi connectivity index (χ2v) is 16.3. The van der Waals surface area contributed by atoms with Crippen LogP contribution in [0.2, 0.25) is 0 Å². The highest BCUT2D eigenvalue weighted by atomic mass is 32.1. The molecule has 0 spiro atoms. The van der Waals surface area contributed by atoms with Gasteiger partial charge in [0, 0.05) is 57.3 Å². The molecule has 9 aromatic carbocycles. The van der Waals surface area contributed by atoms with Crippen molar-refractivity contribution in [3.05, 3.63) is 200 Å². The van der Waals surface area contributed by atoms with Gasteiger partial charge in [0.05, 0.1) is 5.69 Å². The third kappa shape index (κ3) is 5.51. The number of thiophene rings is 2. The molecule has 258 valence electrons. The summed E-state index contributed by atoms with van der Waals surface area (Å²) in [5, 5.41) is 7.74. The quantitative estimate of drug-likeness (QED) is 0.164. The van der Waals surface area contributed by atoms with Crippen LogP contribution in [-0.4, -0.2) is 0 Å². The van der Waals surface area contributed by atoms with E-state index in [2.05, 4.69) is 205 Å². The summed E-state index contributed by atoms with van der Waals surface area (Å²) in [6.45, 7) is 0. The van der Waals surface area contributed by atoms with Crippen molar-refractivity contribution < 1.29 is 0 Å². The lowest BCUT2D eigenvalue weighted by molar-refractivity contribution is 1.29. The number of rotatable bonds is 6. The zero-order chi connectivity index (χ0) is 36.3. The molecule has 2 heterocycles. The van der Waals surface area contributed by atoms with Crippen molar-refractivity contribution in [1.29, 1.82) is 0 Å². The Balaban J connectivity index is 1.12. The molecule has 0 unspecified atom stereocenters. The Kier molecular flexibility index (Phi) is 7.61. The van der Waals surface area contributed by atoms with Gasteiger partial charge in [0.2, 0.25) is 0 Å². The first-order valence-corrected chi connectivity index (χ1v) is 20.3. The molecule has 0 radical (unpaired) electrons. The number of anilines is 3. The Morgan fingerprint density at radius 2 is 0.891 bits per heavy atom. The summed E-state index contributed by atoms with van der Waals surface area (Å²) in [5.41, 5.74) is 10.6. The van der Waals surface area contributed by atoms with Crippen molar-refractivity contribution in [2.75, 3.05) is 4.90 Å². The van der Waals surface area contributed by atoms with Gasteiger partial charge in [-0.1, -0.05) is 146 Å². The van der Waals surface area contributed by atoms with Gasteiger partial charge in [-0.15, -0.1) is 22.7 Å². The van der Waals surface area contributed by atoms with Crippen LogP contribution in [0.5, 0.6) is 0 Å². The molecule has 0 aliphatic rings. The Morgan fingerprint density at radius 3 is 1.71 bits per heavy atom. The fourth-order valence-electron chi connectivity index (χ4n) is 8.21. The van der Waals surface area contributed by atoms with E-state index in [9.17, 15) is 0 Å². The molecule has 2 aromatic heterocycles. The van der Waals surface area contributed by atoms with Crippen LogP contribution in [-0.2, 0) is 0 Å². The third-order valence-electron chi connectivity index (χ3n) is 10.9. The zero-order valence-corrected chi connectivity index (χ0v) is 31.4. The van der Waals surface area contributed by atoms with Gasteiger partial charge in [0.15, 0.2) is 0 Å². The fraction of sp³-hybridized carbons (Fsp3) is 0. The maximum absolute atomic E-state index is 2.46. The van der Waals surface area contributed by atoms with E-state index in [0.29, 0.717) is 0 Å². The molecular formula is C52H33NS2. The minimum atomic E-state index is 1.11. The van der Waals surface area contributed by atoms with Crippen LogP contribution in [0.25, 0.3) is 84.5 Å². The minimum Gasteiger partial charge on any atom is -0.310 e. The highest BCUT2D eigenvalue weighted by molar-refractivity contribution is 7.26. The Labute approximate surface area is 327 Å². The predicted octanol–water partition coefficient (Wildman–Crippen LogP) is 16.0. The molecular weight excluding hydrogens is 703 g/mol. The lowest BCUT2D eigenvalue weighted by atomic mass is 9.94. The van der Waals surface area contributed by atoms with Crippen molar-refractivity contribution >= 4 is 90.9 Å². The zero-order valence-electron chi connectivity index (χ0n) is 29.8. The fourth-order valence-corrected chi connectivity index (χ4v) is 10.4. The molecule has 0 saturated carbocycles. The van der Waals surface area contributed by atoms with Crippen LogP contribution in [0.3, 0.4) is 0 Å². The van der Waals surface area contributed by atoms with Crippen molar-refractivity contribution in [3.8, 4) is 33.4 Å².